The lowest BCUT2D eigenvalue weighted by molar-refractivity contribution is 0.105. The molecule has 0 aliphatic carbocycles. The van der Waals surface area contributed by atoms with Crippen LogP contribution in [0.5, 0.6) is 0 Å². The van der Waals surface area contributed by atoms with Crippen LogP contribution in [0.25, 0.3) is 0 Å². The van der Waals surface area contributed by atoms with Crippen LogP contribution < -0.4 is 5.32 Å². The highest BCUT2D eigenvalue weighted by molar-refractivity contribution is 7.09. The second-order valence-electron chi connectivity index (χ2n) is 5.74. The maximum absolute atomic E-state index is 11.5. The molecule has 0 saturated heterocycles. The van der Waals surface area contributed by atoms with E-state index in [1.54, 1.807) is 16.2 Å². The van der Waals surface area contributed by atoms with Crippen LogP contribution in [-0.2, 0) is 6.54 Å². The van der Waals surface area contributed by atoms with Crippen molar-refractivity contribution in [2.75, 3.05) is 13.2 Å². The zero-order valence-electron chi connectivity index (χ0n) is 12.2. The van der Waals surface area contributed by atoms with Crippen LogP contribution in [0.3, 0.4) is 0 Å². The highest BCUT2D eigenvalue weighted by Crippen LogP contribution is 2.34. The molecule has 1 atom stereocenters. The van der Waals surface area contributed by atoms with Crippen LogP contribution >= 0.6 is 11.3 Å². The molecule has 6 nitrogen and oxygen atoms in total. The first kappa shape index (κ1) is 14.2. The molecule has 1 unspecified atom stereocenters. The van der Waals surface area contributed by atoms with Crippen LogP contribution in [0.15, 0.2) is 23.0 Å². The Morgan fingerprint density at radius 2 is 2.43 bits per heavy atom. The molecule has 7 heteroatoms. The summed E-state index contributed by atoms with van der Waals surface area (Å²) in [6.07, 6.45) is 1.74. The molecule has 21 heavy (non-hydrogen) atoms. The normalized spacial score (nSPS) is 21.8. The molecule has 2 N–H and O–H groups in total. The van der Waals surface area contributed by atoms with E-state index in [1.807, 2.05) is 11.6 Å². The SMILES string of the molecule is CC(C)C1C2=C(CCN1C(=O)O)NCN2Cc1nccs1. The van der Waals surface area contributed by atoms with Crippen molar-refractivity contribution in [3.63, 3.8) is 0 Å². The number of nitrogens with one attached hydrogen (secondary N) is 1. The van der Waals surface area contributed by atoms with Crippen LogP contribution in [0, 0.1) is 5.92 Å². The number of hydrogen-bond donors (Lipinski definition) is 2. The molecule has 1 aromatic heterocycles. The Balaban J connectivity index is 1.89. The van der Waals surface area contributed by atoms with Gasteiger partial charge in [-0.3, -0.25) is 4.90 Å². The maximum atomic E-state index is 11.5. The lowest BCUT2D eigenvalue weighted by atomic mass is 9.93. The van der Waals surface area contributed by atoms with Gasteiger partial charge in [0.1, 0.15) is 5.01 Å². The summed E-state index contributed by atoms with van der Waals surface area (Å²) < 4.78 is 0. The summed E-state index contributed by atoms with van der Waals surface area (Å²) in [6.45, 7) is 6.20. The minimum Gasteiger partial charge on any atom is -0.465 e. The molecule has 0 saturated carbocycles. The standard InChI is InChI=1S/C14H20N4O2S/c1-9(2)12-13-10(3-5-18(12)14(19)20)16-8-17(13)7-11-15-4-6-21-11/h4,6,9,12,16H,3,5,7-8H2,1-2H3,(H,19,20). The second kappa shape index (κ2) is 5.55. The summed E-state index contributed by atoms with van der Waals surface area (Å²) in [4.78, 5) is 19.7. The fourth-order valence-electron chi connectivity index (χ4n) is 3.18. The third kappa shape index (κ3) is 2.57. The lowest BCUT2D eigenvalue weighted by Gasteiger charge is -2.39. The summed E-state index contributed by atoms with van der Waals surface area (Å²) in [6, 6.07) is -0.0822. The second-order valence-corrected chi connectivity index (χ2v) is 6.72. The van der Waals surface area contributed by atoms with Crippen molar-refractivity contribution in [3.05, 3.63) is 28.0 Å². The largest absolute Gasteiger partial charge is 0.465 e. The third-order valence-electron chi connectivity index (χ3n) is 4.04. The van der Waals surface area contributed by atoms with Gasteiger partial charge in [0, 0.05) is 30.2 Å². The number of carbonyl (C=O) groups is 1. The number of rotatable bonds is 3. The van der Waals surface area contributed by atoms with Gasteiger partial charge in [0.15, 0.2) is 0 Å². The Morgan fingerprint density at radius 1 is 1.62 bits per heavy atom. The molecule has 0 fully saturated rings. The van der Waals surface area contributed by atoms with Gasteiger partial charge in [0.25, 0.3) is 0 Å². The predicted octanol–water partition coefficient (Wildman–Crippen LogP) is 2.13. The van der Waals surface area contributed by atoms with Gasteiger partial charge in [-0.05, 0) is 5.92 Å². The summed E-state index contributed by atoms with van der Waals surface area (Å²) >= 11 is 1.63. The summed E-state index contributed by atoms with van der Waals surface area (Å²) in [7, 11) is 0. The molecular weight excluding hydrogens is 288 g/mol. The van der Waals surface area contributed by atoms with E-state index < -0.39 is 6.09 Å². The Hall–Kier alpha value is -1.76. The molecule has 2 aliphatic rings. The minimum atomic E-state index is -0.832. The van der Waals surface area contributed by atoms with Gasteiger partial charge < -0.3 is 15.3 Å². The van der Waals surface area contributed by atoms with E-state index in [9.17, 15) is 9.90 Å². The van der Waals surface area contributed by atoms with E-state index in [2.05, 4.69) is 29.0 Å². The number of hydrogen-bond acceptors (Lipinski definition) is 5. The maximum Gasteiger partial charge on any atom is 0.407 e. The first-order valence-electron chi connectivity index (χ1n) is 7.17. The monoisotopic (exact) mass is 308 g/mol. The molecule has 0 spiro atoms. The van der Waals surface area contributed by atoms with Gasteiger partial charge >= 0.3 is 6.09 Å². The number of aromatic nitrogens is 1. The minimum absolute atomic E-state index is 0.0822. The molecular formula is C14H20N4O2S. The van der Waals surface area contributed by atoms with Crippen molar-refractivity contribution >= 4 is 17.4 Å². The topological polar surface area (TPSA) is 68.7 Å². The van der Waals surface area contributed by atoms with Gasteiger partial charge in [-0.15, -0.1) is 11.3 Å². The van der Waals surface area contributed by atoms with Gasteiger partial charge in [-0.2, -0.15) is 0 Å². The molecule has 0 aromatic carbocycles. The first-order chi connectivity index (χ1) is 10.1. The van der Waals surface area contributed by atoms with Gasteiger partial charge in [0.05, 0.1) is 25.0 Å². The van der Waals surface area contributed by atoms with Gasteiger partial charge in [0.2, 0.25) is 0 Å². The van der Waals surface area contributed by atoms with Gasteiger partial charge in [-0.1, -0.05) is 13.8 Å². The Labute approximate surface area is 128 Å². The summed E-state index contributed by atoms with van der Waals surface area (Å²) in [5.74, 6) is 0.241. The van der Waals surface area contributed by atoms with Crippen molar-refractivity contribution in [2.45, 2.75) is 32.9 Å². The number of amides is 1. The summed E-state index contributed by atoms with van der Waals surface area (Å²) in [5.41, 5.74) is 2.33. The molecule has 114 valence electrons. The van der Waals surface area contributed by atoms with E-state index in [0.717, 1.165) is 30.3 Å². The molecule has 3 rings (SSSR count). The molecule has 1 amide bonds. The molecule has 1 aromatic rings. The van der Waals surface area contributed by atoms with E-state index in [0.29, 0.717) is 6.54 Å². The number of nitrogens with zero attached hydrogens (tertiary/aromatic N) is 3. The van der Waals surface area contributed by atoms with Crippen LogP contribution in [0.2, 0.25) is 0 Å². The van der Waals surface area contributed by atoms with Crippen molar-refractivity contribution < 1.29 is 9.90 Å². The average molecular weight is 308 g/mol. The molecule has 3 heterocycles. The zero-order valence-corrected chi connectivity index (χ0v) is 13.1. The molecule has 2 aliphatic heterocycles. The fourth-order valence-corrected chi connectivity index (χ4v) is 3.81. The van der Waals surface area contributed by atoms with Crippen LogP contribution in [-0.4, -0.2) is 45.2 Å². The van der Waals surface area contributed by atoms with Crippen molar-refractivity contribution in [1.29, 1.82) is 0 Å². The van der Waals surface area contributed by atoms with Gasteiger partial charge in [-0.25, -0.2) is 9.78 Å². The van der Waals surface area contributed by atoms with Crippen molar-refractivity contribution in [3.8, 4) is 0 Å². The third-order valence-corrected chi connectivity index (χ3v) is 4.80. The van der Waals surface area contributed by atoms with E-state index >= 15 is 0 Å². The lowest BCUT2D eigenvalue weighted by Crippen LogP contribution is -2.49. The van der Waals surface area contributed by atoms with E-state index in [1.165, 1.54) is 5.70 Å². The number of carboxylic acid groups (broad SMARTS) is 1. The first-order valence-corrected chi connectivity index (χ1v) is 8.05. The Morgan fingerprint density at radius 3 is 3.05 bits per heavy atom. The van der Waals surface area contributed by atoms with E-state index in [4.69, 9.17) is 0 Å². The average Bonchev–Trinajstić information content (AvgIpc) is 3.08. The van der Waals surface area contributed by atoms with E-state index in [-0.39, 0.29) is 12.0 Å². The Bertz CT molecular complexity index is 555. The Kier molecular flexibility index (Phi) is 3.75. The number of thiazole rings is 1. The van der Waals surface area contributed by atoms with Crippen molar-refractivity contribution in [2.24, 2.45) is 5.92 Å². The smallest absolute Gasteiger partial charge is 0.407 e. The predicted molar refractivity (Wildman–Crippen MR) is 80.7 cm³/mol. The quantitative estimate of drug-likeness (QED) is 0.895. The molecule has 0 radical (unpaired) electrons. The fraction of sp³-hybridized carbons (Fsp3) is 0.571. The van der Waals surface area contributed by atoms with Crippen LogP contribution in [0.1, 0.15) is 25.3 Å². The molecule has 0 bridgehead atoms. The van der Waals surface area contributed by atoms with Crippen LogP contribution in [0.4, 0.5) is 4.79 Å². The summed E-state index contributed by atoms with van der Waals surface area (Å²) in [5, 5.41) is 15.9. The zero-order chi connectivity index (χ0) is 15.0. The highest BCUT2D eigenvalue weighted by atomic mass is 32.1. The van der Waals surface area contributed by atoms with Crippen molar-refractivity contribution in [1.82, 2.24) is 20.1 Å². The highest BCUT2D eigenvalue weighted by Gasteiger charge is 2.40.